The van der Waals surface area contributed by atoms with E-state index in [1.54, 1.807) is 37.4 Å². The molecule has 1 aromatic carbocycles. The van der Waals surface area contributed by atoms with Gasteiger partial charge in [-0.25, -0.2) is 4.79 Å². The second-order valence-electron chi connectivity index (χ2n) is 4.44. The number of carbonyl (C=O) groups is 1. The third-order valence-corrected chi connectivity index (χ3v) is 4.24. The summed E-state index contributed by atoms with van der Waals surface area (Å²) in [5, 5.41) is 9.24. The molecule has 0 radical (unpaired) electrons. The van der Waals surface area contributed by atoms with Crippen molar-refractivity contribution in [3.8, 4) is 16.2 Å². The lowest BCUT2D eigenvalue weighted by Gasteiger charge is -2.00. The Morgan fingerprint density at radius 2 is 1.86 bits per heavy atom. The molecule has 2 aromatic heterocycles. The molecule has 0 unspecified atom stereocenters. The van der Waals surface area contributed by atoms with Crippen molar-refractivity contribution < 1.29 is 14.6 Å². The highest BCUT2D eigenvalue weighted by atomic mass is 32.1. The molecular formula is C14H10N2O5S. The lowest BCUT2D eigenvalue weighted by Crippen LogP contribution is -2.09. The Kier molecular flexibility index (Phi) is 3.30. The maximum absolute atomic E-state index is 11.3. The zero-order chi connectivity index (χ0) is 15.9. The summed E-state index contributed by atoms with van der Waals surface area (Å²) in [5.41, 5.74) is 2.16. The number of hydrogen-bond acceptors (Lipinski definition) is 6. The van der Waals surface area contributed by atoms with Crippen LogP contribution in [0.3, 0.4) is 0 Å². The van der Waals surface area contributed by atoms with E-state index in [9.17, 15) is 19.5 Å². The van der Waals surface area contributed by atoms with E-state index >= 15 is 0 Å². The van der Waals surface area contributed by atoms with Gasteiger partial charge in [-0.1, -0.05) is 0 Å². The molecule has 0 fully saturated rings. The zero-order valence-electron chi connectivity index (χ0n) is 11.3. The second-order valence-corrected chi connectivity index (χ2v) is 5.50. The van der Waals surface area contributed by atoms with Crippen LogP contribution in [0, 0.1) is 0 Å². The van der Waals surface area contributed by atoms with E-state index in [1.165, 1.54) is 0 Å². The Bertz CT molecular complexity index is 890. The van der Waals surface area contributed by atoms with Crippen LogP contribution in [0.1, 0.15) is 9.67 Å². The first-order valence-electron chi connectivity index (χ1n) is 6.18. The lowest BCUT2D eigenvalue weighted by molar-refractivity contribution is 0.0703. The first kappa shape index (κ1) is 14.1. The summed E-state index contributed by atoms with van der Waals surface area (Å²) in [5.74, 6) is -0.439. The molecule has 0 atom stereocenters. The minimum Gasteiger partial charge on any atom is -0.497 e. The normalized spacial score (nSPS) is 10.8. The summed E-state index contributed by atoms with van der Waals surface area (Å²) < 4.78 is 5.84. The summed E-state index contributed by atoms with van der Waals surface area (Å²) in [4.78, 5) is 34.0. The first-order valence-corrected chi connectivity index (χ1v) is 6.99. The van der Waals surface area contributed by atoms with Crippen molar-refractivity contribution in [1.29, 1.82) is 0 Å². The molecule has 0 spiro atoms. The number of aromatic nitrogens is 1. The molecule has 0 aliphatic carbocycles. The summed E-state index contributed by atoms with van der Waals surface area (Å²) in [6, 6.07) is 8.72. The van der Waals surface area contributed by atoms with Crippen LogP contribution in [0.25, 0.3) is 10.4 Å². The number of methoxy groups -OCH3 is 1. The smallest absolute Gasteiger partial charge is 0.348 e. The number of nitrogens with one attached hydrogen (secondary N) is 1. The van der Waals surface area contributed by atoms with Crippen LogP contribution >= 0.6 is 11.3 Å². The van der Waals surface area contributed by atoms with Crippen LogP contribution in [-0.4, -0.2) is 22.9 Å². The van der Waals surface area contributed by atoms with E-state index in [0.29, 0.717) is 10.6 Å². The van der Waals surface area contributed by atoms with E-state index in [4.69, 9.17) is 4.74 Å². The van der Waals surface area contributed by atoms with Crippen LogP contribution < -0.4 is 21.3 Å². The Morgan fingerprint density at radius 1 is 1.23 bits per heavy atom. The summed E-state index contributed by atoms with van der Waals surface area (Å²) in [7, 11) is 1.56. The van der Waals surface area contributed by atoms with Crippen molar-refractivity contribution in [3.05, 3.63) is 55.9 Å². The Labute approximate surface area is 127 Å². The van der Waals surface area contributed by atoms with Gasteiger partial charge in [0, 0.05) is 4.88 Å². The highest BCUT2D eigenvalue weighted by Crippen LogP contribution is 2.35. The van der Waals surface area contributed by atoms with Gasteiger partial charge in [0.15, 0.2) is 0 Å². The van der Waals surface area contributed by atoms with Crippen LogP contribution in [-0.2, 0) is 0 Å². The maximum atomic E-state index is 11.3. The van der Waals surface area contributed by atoms with Gasteiger partial charge < -0.3 is 9.84 Å². The first-order chi connectivity index (χ1) is 10.5. The van der Waals surface area contributed by atoms with Crippen molar-refractivity contribution in [2.24, 2.45) is 0 Å². The van der Waals surface area contributed by atoms with E-state index in [-0.39, 0.29) is 10.6 Å². The van der Waals surface area contributed by atoms with Crippen LogP contribution in [0.15, 0.2) is 39.9 Å². The van der Waals surface area contributed by atoms with E-state index < -0.39 is 17.1 Å². The van der Waals surface area contributed by atoms with Gasteiger partial charge in [-0.2, -0.15) is 4.68 Å². The lowest BCUT2D eigenvalue weighted by atomic mass is 10.2. The number of ether oxygens (including phenoxy) is 1. The maximum Gasteiger partial charge on any atom is 0.348 e. The SMILES string of the molecule is COc1ccc(-c2cc(Nn3c(=O)c3=O)c(C(=O)O)s2)cc1. The molecule has 3 rings (SSSR count). The zero-order valence-corrected chi connectivity index (χ0v) is 12.1. The summed E-state index contributed by atoms with van der Waals surface area (Å²) >= 11 is 1.05. The molecule has 3 aromatic rings. The Balaban J connectivity index is 1.98. The number of aromatic carboxylic acids is 1. The van der Waals surface area contributed by atoms with E-state index in [0.717, 1.165) is 21.6 Å². The fraction of sp³-hybridized carbons (Fsp3) is 0.0714. The fourth-order valence-corrected chi connectivity index (χ4v) is 2.84. The fourth-order valence-electron chi connectivity index (χ4n) is 1.89. The standard InChI is InChI=1S/C14H10N2O5S/c1-21-8-4-2-7(3-5-8)10-6-9(11(22-10)14(19)20)15-16-12(17)13(16)18/h2-6,15H,1H3,(H,19,20). The number of rotatable bonds is 5. The number of benzene rings is 1. The van der Waals surface area contributed by atoms with Crippen LogP contribution in [0.2, 0.25) is 0 Å². The number of carboxylic acid groups (broad SMARTS) is 1. The van der Waals surface area contributed by atoms with E-state index in [1.807, 2.05) is 0 Å². The summed E-state index contributed by atoms with van der Waals surface area (Å²) in [6.45, 7) is 0. The molecule has 0 aliphatic heterocycles. The largest absolute Gasteiger partial charge is 0.497 e. The Morgan fingerprint density at radius 3 is 2.36 bits per heavy atom. The van der Waals surface area contributed by atoms with Gasteiger partial charge >= 0.3 is 17.1 Å². The molecule has 0 amide bonds. The molecule has 0 aliphatic rings. The van der Waals surface area contributed by atoms with Gasteiger partial charge in [0.2, 0.25) is 0 Å². The van der Waals surface area contributed by atoms with Gasteiger partial charge in [-0.15, -0.1) is 11.3 Å². The molecule has 0 saturated carbocycles. The molecule has 2 N–H and O–H groups in total. The number of carboxylic acids is 1. The highest BCUT2D eigenvalue weighted by molar-refractivity contribution is 7.18. The topological polar surface area (TPSA) is 97.6 Å². The van der Waals surface area contributed by atoms with Gasteiger partial charge in [-0.05, 0) is 35.9 Å². The molecule has 8 heteroatoms. The molecule has 0 saturated heterocycles. The van der Waals surface area contributed by atoms with Gasteiger partial charge in [0.25, 0.3) is 0 Å². The third-order valence-electron chi connectivity index (χ3n) is 3.07. The van der Waals surface area contributed by atoms with Crippen LogP contribution in [0.5, 0.6) is 5.75 Å². The van der Waals surface area contributed by atoms with E-state index in [2.05, 4.69) is 5.43 Å². The van der Waals surface area contributed by atoms with Gasteiger partial charge in [0.05, 0.1) is 12.8 Å². The number of thiophene rings is 1. The Hall–Kier alpha value is -2.87. The molecule has 7 nitrogen and oxygen atoms in total. The second kappa shape index (κ2) is 5.15. The van der Waals surface area contributed by atoms with Gasteiger partial charge in [-0.3, -0.25) is 15.0 Å². The molecule has 0 bridgehead atoms. The average Bonchev–Trinajstić information content (AvgIpc) is 2.92. The number of anilines is 1. The minimum atomic E-state index is -1.13. The molecule has 112 valence electrons. The van der Waals surface area contributed by atoms with Crippen molar-refractivity contribution in [2.45, 2.75) is 0 Å². The van der Waals surface area contributed by atoms with Crippen molar-refractivity contribution >= 4 is 23.0 Å². The van der Waals surface area contributed by atoms with Crippen molar-refractivity contribution in [2.75, 3.05) is 12.5 Å². The predicted molar refractivity (Wildman–Crippen MR) is 81.6 cm³/mol. The minimum absolute atomic E-state index is 0.0262. The van der Waals surface area contributed by atoms with Crippen molar-refractivity contribution in [3.63, 3.8) is 0 Å². The van der Waals surface area contributed by atoms with Crippen molar-refractivity contribution in [1.82, 2.24) is 4.68 Å². The predicted octanol–water partition coefficient (Wildman–Crippen LogP) is 1.39. The third kappa shape index (κ3) is 2.40. The summed E-state index contributed by atoms with van der Waals surface area (Å²) in [6.07, 6.45) is 0. The molecule has 22 heavy (non-hydrogen) atoms. The number of nitrogens with zero attached hydrogens (tertiary/aromatic N) is 1. The van der Waals surface area contributed by atoms with Crippen LogP contribution in [0.4, 0.5) is 5.69 Å². The number of hydrogen-bond donors (Lipinski definition) is 2. The quantitative estimate of drug-likeness (QED) is 0.690. The van der Waals surface area contributed by atoms with Gasteiger partial charge in [0.1, 0.15) is 10.6 Å². The average molecular weight is 318 g/mol. The molecule has 2 heterocycles. The molecular weight excluding hydrogens is 308 g/mol. The highest BCUT2D eigenvalue weighted by Gasteiger charge is 2.22. The monoisotopic (exact) mass is 318 g/mol.